The molecule has 2 N–H and O–H groups in total. The Hall–Kier alpha value is -2.55. The Balaban J connectivity index is 2.71. The Morgan fingerprint density at radius 2 is 2.00 bits per heavy atom. The van der Waals surface area contributed by atoms with Crippen LogP contribution in [-0.2, 0) is 4.79 Å². The molecule has 6 heteroatoms. The van der Waals surface area contributed by atoms with E-state index in [0.717, 1.165) is 0 Å². The summed E-state index contributed by atoms with van der Waals surface area (Å²) in [6.45, 7) is 3.89. The maximum absolute atomic E-state index is 12.1. The minimum absolute atomic E-state index is 0.103. The lowest BCUT2D eigenvalue weighted by Crippen LogP contribution is -2.42. The summed E-state index contributed by atoms with van der Waals surface area (Å²) in [4.78, 5) is 24.2. The molecular weight excluding hydrogens is 258 g/mol. The summed E-state index contributed by atoms with van der Waals surface area (Å²) in [6.07, 6.45) is -0.103. The topological polar surface area (TPSA) is 93.4 Å². The van der Waals surface area contributed by atoms with E-state index >= 15 is 0 Å². The fourth-order valence-electron chi connectivity index (χ4n) is 1.84. The lowest BCUT2D eigenvalue weighted by molar-refractivity contribution is -0.137. The maximum atomic E-state index is 12.1. The van der Waals surface area contributed by atoms with E-state index in [1.54, 1.807) is 38.1 Å². The number of urea groups is 1. The molecule has 20 heavy (non-hydrogen) atoms. The van der Waals surface area contributed by atoms with Crippen LogP contribution in [0.15, 0.2) is 24.3 Å². The Morgan fingerprint density at radius 3 is 2.45 bits per heavy atom. The molecule has 106 valence electrons. The fourth-order valence-corrected chi connectivity index (χ4v) is 1.84. The highest BCUT2D eigenvalue weighted by Crippen LogP contribution is 2.12. The number of hydrogen-bond acceptors (Lipinski definition) is 3. The van der Waals surface area contributed by atoms with Crippen LogP contribution in [0.4, 0.5) is 10.5 Å². The molecule has 1 unspecified atom stereocenters. The molecule has 0 saturated heterocycles. The van der Waals surface area contributed by atoms with Crippen LogP contribution in [0.2, 0.25) is 0 Å². The predicted molar refractivity (Wildman–Crippen MR) is 74.3 cm³/mol. The fraction of sp³-hybridized carbons (Fsp3) is 0.357. The number of nitriles is 1. The van der Waals surface area contributed by atoms with Crippen LogP contribution >= 0.6 is 0 Å². The van der Waals surface area contributed by atoms with E-state index in [9.17, 15) is 9.59 Å². The number of benzene rings is 1. The number of nitrogens with zero attached hydrogens (tertiary/aromatic N) is 2. The van der Waals surface area contributed by atoms with Gasteiger partial charge in [0.1, 0.15) is 0 Å². The van der Waals surface area contributed by atoms with Crippen LogP contribution in [0.1, 0.15) is 25.8 Å². The van der Waals surface area contributed by atoms with Gasteiger partial charge in [0.05, 0.1) is 18.1 Å². The van der Waals surface area contributed by atoms with Gasteiger partial charge < -0.3 is 15.3 Å². The van der Waals surface area contributed by atoms with Crippen molar-refractivity contribution in [1.82, 2.24) is 4.90 Å². The maximum Gasteiger partial charge on any atom is 0.322 e. The van der Waals surface area contributed by atoms with Gasteiger partial charge in [-0.25, -0.2) is 4.79 Å². The number of nitrogens with one attached hydrogen (secondary N) is 1. The lowest BCUT2D eigenvalue weighted by atomic mass is 10.2. The summed E-state index contributed by atoms with van der Waals surface area (Å²) in [6, 6.07) is 7.71. The third-order valence-electron chi connectivity index (χ3n) is 2.87. The highest BCUT2D eigenvalue weighted by atomic mass is 16.4. The Labute approximate surface area is 117 Å². The second-order valence-corrected chi connectivity index (χ2v) is 4.35. The van der Waals surface area contributed by atoms with Crippen molar-refractivity contribution in [1.29, 1.82) is 5.26 Å². The van der Waals surface area contributed by atoms with Gasteiger partial charge in [0.25, 0.3) is 0 Å². The van der Waals surface area contributed by atoms with Gasteiger partial charge in [-0.2, -0.15) is 5.26 Å². The first-order chi connectivity index (χ1) is 9.47. The van der Waals surface area contributed by atoms with Gasteiger partial charge in [0.2, 0.25) is 0 Å². The molecule has 0 bridgehead atoms. The number of rotatable bonds is 5. The standard InChI is InChI=1S/C14H17N3O3/c1-3-17(10(2)8-13(18)19)14(20)16-12-6-4-11(9-15)5-7-12/h4-7,10H,3,8H2,1-2H3,(H,16,20)(H,18,19). The van der Waals surface area contributed by atoms with E-state index in [2.05, 4.69) is 5.32 Å². The average molecular weight is 275 g/mol. The first kappa shape index (κ1) is 15.5. The van der Waals surface area contributed by atoms with Gasteiger partial charge in [-0.05, 0) is 38.1 Å². The summed E-state index contributed by atoms with van der Waals surface area (Å²) in [5, 5.41) is 20.1. The second-order valence-electron chi connectivity index (χ2n) is 4.35. The first-order valence-electron chi connectivity index (χ1n) is 6.27. The third-order valence-corrected chi connectivity index (χ3v) is 2.87. The third kappa shape index (κ3) is 4.28. The first-order valence-corrected chi connectivity index (χ1v) is 6.27. The zero-order chi connectivity index (χ0) is 15.1. The Bertz CT molecular complexity index is 519. The summed E-state index contributed by atoms with van der Waals surface area (Å²) in [5.74, 6) is -0.942. The van der Waals surface area contributed by atoms with Gasteiger partial charge >= 0.3 is 12.0 Å². The van der Waals surface area contributed by atoms with E-state index in [1.165, 1.54) is 4.90 Å². The van der Waals surface area contributed by atoms with Gasteiger partial charge in [-0.15, -0.1) is 0 Å². The molecule has 0 aliphatic rings. The zero-order valence-corrected chi connectivity index (χ0v) is 11.5. The van der Waals surface area contributed by atoms with Crippen LogP contribution in [0.3, 0.4) is 0 Å². The number of carboxylic acids is 1. The molecule has 2 amide bonds. The molecule has 1 aromatic carbocycles. The SMILES string of the molecule is CCN(C(=O)Nc1ccc(C#N)cc1)C(C)CC(=O)O. The van der Waals surface area contributed by atoms with Crippen molar-refractivity contribution >= 4 is 17.7 Å². The minimum Gasteiger partial charge on any atom is -0.481 e. The number of carbonyl (C=O) groups is 2. The number of carbonyl (C=O) groups excluding carboxylic acids is 1. The highest BCUT2D eigenvalue weighted by molar-refractivity contribution is 5.89. The quantitative estimate of drug-likeness (QED) is 0.862. The molecule has 0 fully saturated rings. The van der Waals surface area contributed by atoms with Gasteiger partial charge in [0.15, 0.2) is 0 Å². The van der Waals surface area contributed by atoms with Crippen LogP contribution in [-0.4, -0.2) is 34.6 Å². The number of amides is 2. The molecule has 0 heterocycles. The monoisotopic (exact) mass is 275 g/mol. The van der Waals surface area contributed by atoms with Gasteiger partial charge in [-0.3, -0.25) is 4.79 Å². The largest absolute Gasteiger partial charge is 0.481 e. The molecule has 6 nitrogen and oxygen atoms in total. The highest BCUT2D eigenvalue weighted by Gasteiger charge is 2.20. The number of hydrogen-bond donors (Lipinski definition) is 2. The van der Waals surface area contributed by atoms with Crippen LogP contribution in [0, 0.1) is 11.3 Å². The number of carboxylic acid groups (broad SMARTS) is 1. The minimum atomic E-state index is -0.942. The Morgan fingerprint density at radius 1 is 1.40 bits per heavy atom. The molecule has 1 rings (SSSR count). The van der Waals surface area contributed by atoms with Crippen molar-refractivity contribution in [3.05, 3.63) is 29.8 Å². The molecule has 0 aliphatic carbocycles. The summed E-state index contributed by atoms with van der Waals surface area (Å²) < 4.78 is 0. The van der Waals surface area contributed by atoms with E-state index in [0.29, 0.717) is 17.8 Å². The van der Waals surface area contributed by atoms with Gasteiger partial charge in [-0.1, -0.05) is 0 Å². The molecular formula is C14H17N3O3. The van der Waals surface area contributed by atoms with Crippen molar-refractivity contribution in [2.24, 2.45) is 0 Å². The van der Waals surface area contributed by atoms with Crippen molar-refractivity contribution in [2.75, 3.05) is 11.9 Å². The molecule has 1 atom stereocenters. The molecule has 0 radical (unpaired) electrons. The predicted octanol–water partition coefficient (Wildman–Crippen LogP) is 2.28. The van der Waals surface area contributed by atoms with Crippen LogP contribution in [0.25, 0.3) is 0 Å². The number of aliphatic carboxylic acids is 1. The molecule has 1 aromatic rings. The average Bonchev–Trinajstić information content (AvgIpc) is 2.39. The van der Waals surface area contributed by atoms with E-state index in [4.69, 9.17) is 10.4 Å². The van der Waals surface area contributed by atoms with Crippen molar-refractivity contribution in [2.45, 2.75) is 26.3 Å². The lowest BCUT2D eigenvalue weighted by Gasteiger charge is -2.27. The van der Waals surface area contributed by atoms with Crippen LogP contribution < -0.4 is 5.32 Å². The summed E-state index contributed by atoms with van der Waals surface area (Å²) >= 11 is 0. The normalized spacial score (nSPS) is 11.2. The summed E-state index contributed by atoms with van der Waals surface area (Å²) in [5.41, 5.74) is 1.07. The van der Waals surface area contributed by atoms with Crippen LogP contribution in [0.5, 0.6) is 0 Å². The van der Waals surface area contributed by atoms with Crippen molar-refractivity contribution in [3.8, 4) is 6.07 Å². The van der Waals surface area contributed by atoms with Crippen molar-refractivity contribution in [3.63, 3.8) is 0 Å². The van der Waals surface area contributed by atoms with Crippen molar-refractivity contribution < 1.29 is 14.7 Å². The molecule has 0 aliphatic heterocycles. The molecule has 0 aromatic heterocycles. The zero-order valence-electron chi connectivity index (χ0n) is 11.5. The molecule has 0 spiro atoms. The van der Waals surface area contributed by atoms with E-state index in [1.807, 2.05) is 6.07 Å². The van der Waals surface area contributed by atoms with E-state index < -0.39 is 12.0 Å². The second kappa shape index (κ2) is 7.14. The Kier molecular flexibility index (Phi) is 5.54. The molecule has 0 saturated carbocycles. The number of anilines is 1. The summed E-state index contributed by atoms with van der Waals surface area (Å²) in [7, 11) is 0. The smallest absolute Gasteiger partial charge is 0.322 e. The van der Waals surface area contributed by atoms with E-state index in [-0.39, 0.29) is 12.5 Å². The van der Waals surface area contributed by atoms with Gasteiger partial charge in [0, 0.05) is 18.3 Å².